The molecule has 2 heterocycles. The second kappa shape index (κ2) is 8.48. The lowest BCUT2D eigenvalue weighted by atomic mass is 10.2. The third-order valence-corrected chi connectivity index (χ3v) is 4.18. The first-order valence-corrected chi connectivity index (χ1v) is 8.45. The van der Waals surface area contributed by atoms with Crippen molar-refractivity contribution >= 4 is 11.7 Å². The predicted molar refractivity (Wildman–Crippen MR) is 95.6 cm³/mol. The number of rotatable bonds is 6. The summed E-state index contributed by atoms with van der Waals surface area (Å²) in [6, 6.07) is 11.0. The van der Waals surface area contributed by atoms with Crippen molar-refractivity contribution in [2.45, 2.75) is 25.5 Å². The number of carbonyl (C=O) groups is 1. The van der Waals surface area contributed by atoms with E-state index in [2.05, 4.69) is 10.3 Å². The molecule has 2 amide bonds. The van der Waals surface area contributed by atoms with E-state index in [9.17, 15) is 4.79 Å². The van der Waals surface area contributed by atoms with Gasteiger partial charge in [0, 0.05) is 43.8 Å². The number of hydrogen-bond acceptors (Lipinski definition) is 4. The monoisotopic (exact) mass is 341 g/mol. The summed E-state index contributed by atoms with van der Waals surface area (Å²) in [6.07, 6.45) is 5.60. The number of ether oxygens (including phenoxy) is 2. The average Bonchev–Trinajstić information content (AvgIpc) is 3.15. The molecule has 6 heteroatoms. The van der Waals surface area contributed by atoms with Crippen LogP contribution in [0.3, 0.4) is 0 Å². The lowest BCUT2D eigenvalue weighted by molar-refractivity contribution is 0.0819. The quantitative estimate of drug-likeness (QED) is 0.875. The largest absolute Gasteiger partial charge is 0.497 e. The number of benzene rings is 1. The summed E-state index contributed by atoms with van der Waals surface area (Å²) in [5, 5.41) is 2.95. The zero-order valence-corrected chi connectivity index (χ0v) is 14.4. The number of urea groups is 1. The maximum atomic E-state index is 12.8. The van der Waals surface area contributed by atoms with E-state index in [4.69, 9.17) is 9.47 Å². The van der Waals surface area contributed by atoms with Crippen molar-refractivity contribution in [2.24, 2.45) is 0 Å². The fourth-order valence-corrected chi connectivity index (χ4v) is 2.87. The van der Waals surface area contributed by atoms with Crippen molar-refractivity contribution in [3.8, 4) is 5.75 Å². The van der Waals surface area contributed by atoms with Gasteiger partial charge in [0.1, 0.15) is 5.75 Å². The molecular formula is C19H23N3O3. The number of aromatic nitrogens is 1. The molecule has 0 unspecified atom stereocenters. The van der Waals surface area contributed by atoms with E-state index in [0.29, 0.717) is 24.5 Å². The standard InChI is InChI=1S/C19H23N3O3/c1-24-17-5-2-4-16(12-17)21-19(23)22(14-18-6-3-11-25-18)13-15-7-9-20-10-8-15/h2,4-5,7-10,12,18H,3,6,11,13-14H2,1H3,(H,21,23)/t18-/m1/s1. The zero-order valence-electron chi connectivity index (χ0n) is 14.4. The molecule has 1 N–H and O–H groups in total. The van der Waals surface area contributed by atoms with Gasteiger partial charge in [-0.2, -0.15) is 0 Å². The molecule has 6 nitrogen and oxygen atoms in total. The zero-order chi connectivity index (χ0) is 17.5. The Labute approximate surface area is 147 Å². The second-order valence-corrected chi connectivity index (χ2v) is 6.03. The molecule has 0 spiro atoms. The van der Waals surface area contributed by atoms with Gasteiger partial charge in [0.2, 0.25) is 0 Å². The molecule has 0 aliphatic carbocycles. The Kier molecular flexibility index (Phi) is 5.85. The number of hydrogen-bond donors (Lipinski definition) is 1. The van der Waals surface area contributed by atoms with Crippen LogP contribution in [0.25, 0.3) is 0 Å². The van der Waals surface area contributed by atoms with Gasteiger partial charge in [-0.15, -0.1) is 0 Å². The lowest BCUT2D eigenvalue weighted by Gasteiger charge is -2.26. The molecule has 1 aromatic carbocycles. The van der Waals surface area contributed by atoms with Gasteiger partial charge in [-0.3, -0.25) is 4.98 Å². The Hall–Kier alpha value is -2.60. The van der Waals surface area contributed by atoms with E-state index >= 15 is 0 Å². The van der Waals surface area contributed by atoms with Crippen LogP contribution in [0.15, 0.2) is 48.8 Å². The number of anilines is 1. The highest BCUT2D eigenvalue weighted by Crippen LogP contribution is 2.19. The molecule has 2 aromatic rings. The Bertz CT molecular complexity index is 687. The molecule has 1 aliphatic heterocycles. The van der Waals surface area contributed by atoms with Crippen molar-refractivity contribution in [1.82, 2.24) is 9.88 Å². The van der Waals surface area contributed by atoms with E-state index < -0.39 is 0 Å². The number of amides is 2. The number of carbonyl (C=O) groups excluding carboxylic acids is 1. The van der Waals surface area contributed by atoms with Crippen LogP contribution in [-0.4, -0.2) is 42.3 Å². The Balaban J connectivity index is 1.70. The van der Waals surface area contributed by atoms with Crippen molar-refractivity contribution in [2.75, 3.05) is 25.6 Å². The van der Waals surface area contributed by atoms with Gasteiger partial charge in [-0.05, 0) is 42.7 Å². The minimum Gasteiger partial charge on any atom is -0.497 e. The molecule has 0 saturated carbocycles. The molecule has 1 aliphatic rings. The summed E-state index contributed by atoms with van der Waals surface area (Å²) in [4.78, 5) is 18.6. The van der Waals surface area contributed by atoms with Gasteiger partial charge < -0.3 is 19.7 Å². The van der Waals surface area contributed by atoms with Crippen LogP contribution in [-0.2, 0) is 11.3 Å². The fraction of sp³-hybridized carbons (Fsp3) is 0.368. The van der Waals surface area contributed by atoms with Gasteiger partial charge >= 0.3 is 6.03 Å². The molecule has 132 valence electrons. The van der Waals surface area contributed by atoms with E-state index in [1.807, 2.05) is 30.3 Å². The predicted octanol–water partition coefficient (Wildman–Crippen LogP) is 3.30. The van der Waals surface area contributed by atoms with Gasteiger partial charge in [0.15, 0.2) is 0 Å². The van der Waals surface area contributed by atoms with Crippen LogP contribution in [0.2, 0.25) is 0 Å². The molecule has 0 bridgehead atoms. The van der Waals surface area contributed by atoms with Gasteiger partial charge in [0.25, 0.3) is 0 Å². The van der Waals surface area contributed by atoms with E-state index in [1.54, 1.807) is 30.5 Å². The van der Waals surface area contributed by atoms with Gasteiger partial charge in [-0.1, -0.05) is 6.07 Å². The van der Waals surface area contributed by atoms with Crippen LogP contribution in [0.5, 0.6) is 5.75 Å². The number of pyridine rings is 1. The van der Waals surface area contributed by atoms with Crippen LogP contribution in [0.1, 0.15) is 18.4 Å². The normalized spacial score (nSPS) is 16.4. The second-order valence-electron chi connectivity index (χ2n) is 6.03. The van der Waals surface area contributed by atoms with Gasteiger partial charge in [-0.25, -0.2) is 4.79 Å². The Morgan fingerprint density at radius 2 is 2.20 bits per heavy atom. The molecule has 1 fully saturated rings. The molecule has 25 heavy (non-hydrogen) atoms. The van der Waals surface area contributed by atoms with Crippen LogP contribution in [0, 0.1) is 0 Å². The van der Waals surface area contributed by atoms with Crippen molar-refractivity contribution in [3.63, 3.8) is 0 Å². The third kappa shape index (κ3) is 4.93. The van der Waals surface area contributed by atoms with Crippen molar-refractivity contribution < 1.29 is 14.3 Å². The summed E-state index contributed by atoms with van der Waals surface area (Å²) in [6.45, 7) is 1.85. The summed E-state index contributed by atoms with van der Waals surface area (Å²) in [7, 11) is 1.61. The van der Waals surface area contributed by atoms with Crippen LogP contribution < -0.4 is 10.1 Å². The highest BCUT2D eigenvalue weighted by molar-refractivity contribution is 5.89. The molecule has 3 rings (SSSR count). The highest BCUT2D eigenvalue weighted by Gasteiger charge is 2.23. The van der Waals surface area contributed by atoms with E-state index in [-0.39, 0.29) is 12.1 Å². The first-order valence-electron chi connectivity index (χ1n) is 8.45. The number of methoxy groups -OCH3 is 1. The van der Waals surface area contributed by atoms with Crippen LogP contribution in [0.4, 0.5) is 10.5 Å². The fourth-order valence-electron chi connectivity index (χ4n) is 2.87. The van der Waals surface area contributed by atoms with Crippen LogP contribution >= 0.6 is 0 Å². The number of nitrogens with one attached hydrogen (secondary N) is 1. The Morgan fingerprint density at radius 3 is 2.92 bits per heavy atom. The summed E-state index contributed by atoms with van der Waals surface area (Å²) < 4.78 is 10.9. The SMILES string of the molecule is COc1cccc(NC(=O)N(Cc2ccncc2)C[C@H]2CCCO2)c1. The highest BCUT2D eigenvalue weighted by atomic mass is 16.5. The summed E-state index contributed by atoms with van der Waals surface area (Å²) in [5.74, 6) is 0.706. The Morgan fingerprint density at radius 1 is 1.36 bits per heavy atom. The minimum atomic E-state index is -0.152. The third-order valence-electron chi connectivity index (χ3n) is 4.18. The molecule has 1 atom stereocenters. The lowest BCUT2D eigenvalue weighted by Crippen LogP contribution is -2.39. The summed E-state index contributed by atoms with van der Waals surface area (Å²) in [5.41, 5.74) is 1.74. The topological polar surface area (TPSA) is 63.7 Å². The maximum absolute atomic E-state index is 12.8. The van der Waals surface area contributed by atoms with E-state index in [0.717, 1.165) is 25.0 Å². The van der Waals surface area contributed by atoms with E-state index in [1.165, 1.54) is 0 Å². The first-order chi connectivity index (χ1) is 12.2. The van der Waals surface area contributed by atoms with Crippen molar-refractivity contribution in [1.29, 1.82) is 0 Å². The van der Waals surface area contributed by atoms with Crippen molar-refractivity contribution in [3.05, 3.63) is 54.4 Å². The number of nitrogens with zero attached hydrogens (tertiary/aromatic N) is 2. The minimum absolute atomic E-state index is 0.0953. The molecular weight excluding hydrogens is 318 g/mol. The average molecular weight is 341 g/mol. The van der Waals surface area contributed by atoms with Gasteiger partial charge in [0.05, 0.1) is 13.2 Å². The first kappa shape index (κ1) is 17.2. The molecule has 1 aromatic heterocycles. The smallest absolute Gasteiger partial charge is 0.322 e. The summed E-state index contributed by atoms with van der Waals surface area (Å²) >= 11 is 0. The maximum Gasteiger partial charge on any atom is 0.322 e. The molecule has 0 radical (unpaired) electrons. The molecule has 1 saturated heterocycles.